The van der Waals surface area contributed by atoms with Gasteiger partial charge in [0.25, 0.3) is 0 Å². The molecule has 0 aliphatic heterocycles. The van der Waals surface area contributed by atoms with Crippen LogP contribution in [0.4, 0.5) is 0 Å². The fraction of sp³-hybridized carbons (Fsp3) is 0.733. The summed E-state index contributed by atoms with van der Waals surface area (Å²) in [7, 11) is 2.16. The van der Waals surface area contributed by atoms with Crippen LogP contribution in [0.15, 0.2) is 10.5 Å². The van der Waals surface area contributed by atoms with Crippen LogP contribution in [0.5, 0.6) is 0 Å². The zero-order valence-electron chi connectivity index (χ0n) is 13.1. The van der Waals surface area contributed by atoms with Gasteiger partial charge in [0.05, 0.1) is 13.1 Å². The fourth-order valence-corrected chi connectivity index (χ4v) is 2.65. The molecule has 1 atom stereocenters. The van der Waals surface area contributed by atoms with Crippen molar-refractivity contribution in [2.75, 3.05) is 19.1 Å². The lowest BCUT2D eigenvalue weighted by Gasteiger charge is -2.22. The first-order valence-corrected chi connectivity index (χ1v) is 8.34. The summed E-state index contributed by atoms with van der Waals surface area (Å²) in [5.41, 5.74) is 1.24. The Morgan fingerprint density at radius 2 is 2.05 bits per heavy atom. The SMILES string of the molecule is CSCC(C)N(C)Cc1cc(C)c(CNC(C)C)o1. The molecule has 3 nitrogen and oxygen atoms in total. The Balaban J connectivity index is 2.57. The Hall–Kier alpha value is -0.450. The minimum atomic E-state index is 0.484. The lowest BCUT2D eigenvalue weighted by Crippen LogP contribution is -2.30. The molecule has 1 rings (SSSR count). The molecule has 0 radical (unpaired) electrons. The first-order chi connectivity index (χ1) is 8.93. The number of nitrogens with one attached hydrogen (secondary N) is 1. The predicted molar refractivity (Wildman–Crippen MR) is 84.7 cm³/mol. The van der Waals surface area contributed by atoms with Crippen molar-refractivity contribution in [1.82, 2.24) is 10.2 Å². The molecule has 1 unspecified atom stereocenters. The van der Waals surface area contributed by atoms with E-state index in [4.69, 9.17) is 4.42 Å². The molecule has 0 saturated carbocycles. The quantitative estimate of drug-likeness (QED) is 0.793. The van der Waals surface area contributed by atoms with Crippen LogP contribution in [-0.2, 0) is 13.1 Å². The number of nitrogens with zero attached hydrogens (tertiary/aromatic N) is 1. The Labute approximate surface area is 122 Å². The molecule has 19 heavy (non-hydrogen) atoms. The lowest BCUT2D eigenvalue weighted by molar-refractivity contribution is 0.243. The molecular formula is C15H28N2OS. The van der Waals surface area contributed by atoms with Crippen molar-refractivity contribution >= 4 is 11.8 Å². The second-order valence-electron chi connectivity index (χ2n) is 5.57. The van der Waals surface area contributed by atoms with Crippen LogP contribution in [0, 0.1) is 6.92 Å². The zero-order valence-corrected chi connectivity index (χ0v) is 13.9. The van der Waals surface area contributed by atoms with Crippen LogP contribution in [0.2, 0.25) is 0 Å². The number of rotatable bonds is 8. The lowest BCUT2D eigenvalue weighted by atomic mass is 10.2. The van der Waals surface area contributed by atoms with Crippen LogP contribution < -0.4 is 5.32 Å². The Morgan fingerprint density at radius 1 is 1.37 bits per heavy atom. The van der Waals surface area contributed by atoms with E-state index in [0.29, 0.717) is 12.1 Å². The van der Waals surface area contributed by atoms with Crippen LogP contribution in [-0.4, -0.2) is 36.0 Å². The van der Waals surface area contributed by atoms with E-state index in [1.807, 2.05) is 11.8 Å². The molecule has 0 spiro atoms. The van der Waals surface area contributed by atoms with E-state index in [0.717, 1.165) is 30.4 Å². The highest BCUT2D eigenvalue weighted by atomic mass is 32.2. The molecule has 0 bridgehead atoms. The summed E-state index contributed by atoms with van der Waals surface area (Å²) in [6.07, 6.45) is 2.15. The molecule has 1 aromatic rings. The summed E-state index contributed by atoms with van der Waals surface area (Å²) >= 11 is 1.89. The molecule has 1 N–H and O–H groups in total. The van der Waals surface area contributed by atoms with E-state index in [2.05, 4.69) is 57.3 Å². The van der Waals surface area contributed by atoms with Gasteiger partial charge >= 0.3 is 0 Å². The number of furan rings is 1. The van der Waals surface area contributed by atoms with Gasteiger partial charge in [-0.2, -0.15) is 11.8 Å². The normalized spacial score (nSPS) is 13.5. The molecular weight excluding hydrogens is 256 g/mol. The monoisotopic (exact) mass is 284 g/mol. The third kappa shape index (κ3) is 5.59. The fourth-order valence-electron chi connectivity index (χ4n) is 1.91. The largest absolute Gasteiger partial charge is 0.463 e. The first-order valence-electron chi connectivity index (χ1n) is 6.94. The smallest absolute Gasteiger partial charge is 0.120 e. The van der Waals surface area contributed by atoms with Crippen molar-refractivity contribution in [1.29, 1.82) is 0 Å². The summed E-state index contributed by atoms with van der Waals surface area (Å²) in [5.74, 6) is 3.28. The summed E-state index contributed by atoms with van der Waals surface area (Å²) < 4.78 is 5.95. The van der Waals surface area contributed by atoms with E-state index >= 15 is 0 Å². The minimum absolute atomic E-state index is 0.484. The average Bonchev–Trinajstić information content (AvgIpc) is 2.67. The molecule has 0 aromatic carbocycles. The highest BCUT2D eigenvalue weighted by molar-refractivity contribution is 7.98. The highest BCUT2D eigenvalue weighted by Crippen LogP contribution is 2.17. The van der Waals surface area contributed by atoms with Gasteiger partial charge in [-0.05, 0) is 38.8 Å². The van der Waals surface area contributed by atoms with E-state index in [1.54, 1.807) is 0 Å². The zero-order chi connectivity index (χ0) is 14.4. The topological polar surface area (TPSA) is 28.4 Å². The van der Waals surface area contributed by atoms with Gasteiger partial charge in [-0.25, -0.2) is 0 Å². The number of thioether (sulfide) groups is 1. The van der Waals surface area contributed by atoms with Crippen molar-refractivity contribution < 1.29 is 4.42 Å². The van der Waals surface area contributed by atoms with Crippen molar-refractivity contribution in [2.24, 2.45) is 0 Å². The van der Waals surface area contributed by atoms with Crippen LogP contribution >= 0.6 is 11.8 Å². The van der Waals surface area contributed by atoms with Gasteiger partial charge in [0.2, 0.25) is 0 Å². The van der Waals surface area contributed by atoms with Gasteiger partial charge in [0.15, 0.2) is 0 Å². The van der Waals surface area contributed by atoms with Gasteiger partial charge in [-0.15, -0.1) is 0 Å². The second kappa shape index (κ2) is 7.98. The molecule has 110 valence electrons. The van der Waals surface area contributed by atoms with Crippen LogP contribution in [0.1, 0.15) is 37.9 Å². The average molecular weight is 284 g/mol. The summed E-state index contributed by atoms with van der Waals surface area (Å²) in [6, 6.07) is 3.22. The third-order valence-electron chi connectivity index (χ3n) is 3.31. The summed E-state index contributed by atoms with van der Waals surface area (Å²) in [4.78, 5) is 2.34. The van der Waals surface area contributed by atoms with E-state index in [9.17, 15) is 0 Å². The molecule has 4 heteroatoms. The summed E-state index contributed by atoms with van der Waals surface area (Å²) in [6.45, 7) is 10.4. The van der Waals surface area contributed by atoms with Gasteiger partial charge in [0.1, 0.15) is 11.5 Å². The second-order valence-corrected chi connectivity index (χ2v) is 6.48. The molecule has 0 aliphatic rings. The molecule has 0 fully saturated rings. The first kappa shape index (κ1) is 16.6. The summed E-state index contributed by atoms with van der Waals surface area (Å²) in [5, 5.41) is 3.40. The molecule has 0 saturated heterocycles. The van der Waals surface area contributed by atoms with E-state index < -0.39 is 0 Å². The molecule has 0 amide bonds. The van der Waals surface area contributed by atoms with Crippen molar-refractivity contribution in [2.45, 2.75) is 52.9 Å². The van der Waals surface area contributed by atoms with E-state index in [-0.39, 0.29) is 0 Å². The van der Waals surface area contributed by atoms with Gasteiger partial charge in [0, 0.05) is 17.8 Å². The predicted octanol–water partition coefficient (Wildman–Crippen LogP) is 3.27. The third-order valence-corrected chi connectivity index (χ3v) is 4.12. The molecule has 0 aliphatic carbocycles. The number of hydrogen-bond acceptors (Lipinski definition) is 4. The Morgan fingerprint density at radius 3 is 2.63 bits per heavy atom. The van der Waals surface area contributed by atoms with Crippen molar-refractivity contribution in [3.05, 3.63) is 23.2 Å². The standard InChI is InChI=1S/C15H28N2OS/c1-11(2)16-8-15-12(3)7-14(18-15)9-17(5)13(4)10-19-6/h7,11,13,16H,8-10H2,1-6H3. The highest BCUT2D eigenvalue weighted by Gasteiger charge is 2.13. The van der Waals surface area contributed by atoms with Crippen LogP contribution in [0.3, 0.4) is 0 Å². The maximum atomic E-state index is 5.95. The minimum Gasteiger partial charge on any atom is -0.463 e. The van der Waals surface area contributed by atoms with Crippen molar-refractivity contribution in [3.8, 4) is 0 Å². The van der Waals surface area contributed by atoms with Crippen LogP contribution in [0.25, 0.3) is 0 Å². The van der Waals surface area contributed by atoms with E-state index in [1.165, 1.54) is 5.56 Å². The number of hydrogen-bond donors (Lipinski definition) is 1. The molecule has 1 aromatic heterocycles. The van der Waals surface area contributed by atoms with Gasteiger partial charge < -0.3 is 9.73 Å². The maximum absolute atomic E-state index is 5.95. The van der Waals surface area contributed by atoms with Crippen molar-refractivity contribution in [3.63, 3.8) is 0 Å². The Kier molecular flexibility index (Phi) is 6.97. The Bertz CT molecular complexity index is 376. The maximum Gasteiger partial charge on any atom is 0.120 e. The van der Waals surface area contributed by atoms with Gasteiger partial charge in [-0.1, -0.05) is 13.8 Å². The van der Waals surface area contributed by atoms with Gasteiger partial charge in [-0.3, -0.25) is 4.90 Å². The molecule has 1 heterocycles. The number of aryl methyl sites for hydroxylation is 1.